The number of nitrogens with one attached hydrogen (secondary N) is 1. The van der Waals surface area contributed by atoms with Crippen LogP contribution in [0.4, 0.5) is 5.69 Å². The van der Waals surface area contributed by atoms with Crippen molar-refractivity contribution in [2.24, 2.45) is 0 Å². The predicted octanol–water partition coefficient (Wildman–Crippen LogP) is 3.00. The molecule has 2 aromatic carbocycles. The van der Waals surface area contributed by atoms with Gasteiger partial charge in [-0.2, -0.15) is 5.26 Å². The Kier molecular flexibility index (Phi) is 5.72. The number of anilines is 1. The fourth-order valence-electron chi connectivity index (χ4n) is 2.98. The summed E-state index contributed by atoms with van der Waals surface area (Å²) in [7, 11) is 0. The van der Waals surface area contributed by atoms with E-state index >= 15 is 0 Å². The molecule has 2 aromatic rings. The summed E-state index contributed by atoms with van der Waals surface area (Å²) in [6.07, 6.45) is 2.28. The van der Waals surface area contributed by atoms with E-state index in [0.29, 0.717) is 17.0 Å². The lowest BCUT2D eigenvalue weighted by Gasteiger charge is -2.14. The lowest BCUT2D eigenvalue weighted by molar-refractivity contribution is -0.155. The first-order valence-corrected chi connectivity index (χ1v) is 8.80. The van der Waals surface area contributed by atoms with Crippen molar-refractivity contribution in [1.29, 1.82) is 5.26 Å². The van der Waals surface area contributed by atoms with Gasteiger partial charge in [0.1, 0.15) is 5.75 Å². The largest absolute Gasteiger partial charge is 0.482 e. The first kappa shape index (κ1) is 18.5. The molecule has 1 atom stereocenters. The van der Waals surface area contributed by atoms with Crippen molar-refractivity contribution in [1.82, 2.24) is 0 Å². The third-order valence-corrected chi connectivity index (χ3v) is 4.36. The molecule has 6 heteroatoms. The van der Waals surface area contributed by atoms with Crippen LogP contribution in [0.5, 0.6) is 5.75 Å². The van der Waals surface area contributed by atoms with Crippen LogP contribution in [0, 0.1) is 11.3 Å². The number of esters is 1. The Morgan fingerprint density at radius 3 is 2.81 bits per heavy atom. The van der Waals surface area contributed by atoms with Crippen LogP contribution in [-0.2, 0) is 27.2 Å². The van der Waals surface area contributed by atoms with Gasteiger partial charge in [-0.25, -0.2) is 4.79 Å². The molecule has 1 N–H and O–H groups in total. The highest BCUT2D eigenvalue weighted by Crippen LogP contribution is 2.26. The van der Waals surface area contributed by atoms with Crippen molar-refractivity contribution in [3.63, 3.8) is 0 Å². The van der Waals surface area contributed by atoms with Crippen LogP contribution in [0.2, 0.25) is 0 Å². The minimum absolute atomic E-state index is 0.264. The smallest absolute Gasteiger partial charge is 0.344 e. The lowest BCUT2D eigenvalue weighted by atomic mass is 10.1. The van der Waals surface area contributed by atoms with Gasteiger partial charge >= 0.3 is 5.97 Å². The molecule has 6 nitrogen and oxygen atoms in total. The lowest BCUT2D eigenvalue weighted by Crippen LogP contribution is -2.31. The minimum atomic E-state index is -0.980. The maximum Gasteiger partial charge on any atom is 0.344 e. The molecule has 0 fully saturated rings. The number of ether oxygens (including phenoxy) is 2. The van der Waals surface area contributed by atoms with E-state index in [2.05, 4.69) is 5.32 Å². The van der Waals surface area contributed by atoms with Gasteiger partial charge in [-0.05, 0) is 67.6 Å². The molecule has 1 aliphatic carbocycles. The monoisotopic (exact) mass is 364 g/mol. The summed E-state index contributed by atoms with van der Waals surface area (Å²) in [6, 6.07) is 14.3. The van der Waals surface area contributed by atoms with E-state index in [0.717, 1.165) is 19.3 Å². The second-order valence-electron chi connectivity index (χ2n) is 6.39. The molecule has 138 valence electrons. The second-order valence-corrected chi connectivity index (χ2v) is 6.39. The number of carbonyl (C=O) groups is 2. The molecule has 0 heterocycles. The molecule has 0 spiro atoms. The van der Waals surface area contributed by atoms with E-state index in [9.17, 15) is 9.59 Å². The number of benzene rings is 2. The van der Waals surface area contributed by atoms with Crippen molar-refractivity contribution in [2.75, 3.05) is 11.9 Å². The molecule has 3 rings (SSSR count). The Labute approximate surface area is 157 Å². The van der Waals surface area contributed by atoms with Crippen LogP contribution in [0.1, 0.15) is 30.0 Å². The maximum atomic E-state index is 12.1. The topological polar surface area (TPSA) is 88.4 Å². The zero-order valence-electron chi connectivity index (χ0n) is 15.0. The highest BCUT2D eigenvalue weighted by molar-refractivity contribution is 5.95. The number of hydrogen-bond donors (Lipinski definition) is 1. The molecule has 1 unspecified atom stereocenters. The SMILES string of the molecule is CC(OC(=O)COc1ccc2c(c1)CCC2)C(=O)Nc1cccc(C#N)c1. The average Bonchev–Trinajstić information content (AvgIpc) is 3.14. The molecule has 0 saturated carbocycles. The zero-order chi connectivity index (χ0) is 19.2. The number of nitriles is 1. The highest BCUT2D eigenvalue weighted by atomic mass is 16.6. The molecular weight excluding hydrogens is 344 g/mol. The van der Waals surface area contributed by atoms with Crippen molar-refractivity contribution in [3.05, 3.63) is 59.2 Å². The zero-order valence-corrected chi connectivity index (χ0v) is 15.0. The predicted molar refractivity (Wildman–Crippen MR) is 99.3 cm³/mol. The first-order valence-electron chi connectivity index (χ1n) is 8.80. The summed E-state index contributed by atoms with van der Waals surface area (Å²) in [6.45, 7) is 1.22. The van der Waals surface area contributed by atoms with Gasteiger partial charge in [-0.1, -0.05) is 12.1 Å². The third-order valence-electron chi connectivity index (χ3n) is 4.36. The van der Waals surface area contributed by atoms with Crippen molar-refractivity contribution < 1.29 is 19.1 Å². The van der Waals surface area contributed by atoms with Crippen LogP contribution < -0.4 is 10.1 Å². The Bertz CT molecular complexity index is 901. The molecular formula is C21H20N2O4. The van der Waals surface area contributed by atoms with Gasteiger partial charge in [0, 0.05) is 5.69 Å². The van der Waals surface area contributed by atoms with Gasteiger partial charge in [0.25, 0.3) is 5.91 Å². The van der Waals surface area contributed by atoms with Gasteiger partial charge in [-0.3, -0.25) is 4.79 Å². The second kappa shape index (κ2) is 8.37. The standard InChI is InChI=1S/C21H20N2O4/c1-14(21(25)23-18-7-2-4-15(10-18)12-22)27-20(24)13-26-19-9-8-16-5-3-6-17(16)11-19/h2,4,7-11,14H,3,5-6,13H2,1H3,(H,23,25). The van der Waals surface area contributed by atoms with E-state index in [1.54, 1.807) is 24.3 Å². The maximum absolute atomic E-state index is 12.1. The summed E-state index contributed by atoms with van der Waals surface area (Å²) >= 11 is 0. The summed E-state index contributed by atoms with van der Waals surface area (Å²) in [4.78, 5) is 24.1. The molecule has 27 heavy (non-hydrogen) atoms. The van der Waals surface area contributed by atoms with Crippen molar-refractivity contribution >= 4 is 17.6 Å². The van der Waals surface area contributed by atoms with E-state index in [1.165, 1.54) is 18.1 Å². The average molecular weight is 364 g/mol. The summed E-state index contributed by atoms with van der Waals surface area (Å²) in [5, 5.41) is 11.5. The van der Waals surface area contributed by atoms with Crippen molar-refractivity contribution in [2.45, 2.75) is 32.3 Å². The number of carbonyl (C=O) groups excluding carboxylic acids is 2. The van der Waals surface area contributed by atoms with Gasteiger partial charge < -0.3 is 14.8 Å². The first-order chi connectivity index (χ1) is 13.0. The summed E-state index contributed by atoms with van der Waals surface area (Å²) in [5.74, 6) is -0.474. The van der Waals surface area contributed by atoms with Crippen molar-refractivity contribution in [3.8, 4) is 11.8 Å². The number of nitrogens with zero attached hydrogens (tertiary/aromatic N) is 1. The number of fused-ring (bicyclic) bond motifs is 1. The van der Waals surface area contributed by atoms with Gasteiger partial charge in [0.2, 0.25) is 0 Å². The highest BCUT2D eigenvalue weighted by Gasteiger charge is 2.19. The Balaban J connectivity index is 1.48. The molecule has 1 aliphatic rings. The normalized spacial score (nSPS) is 13.2. The van der Waals surface area contributed by atoms with Crippen LogP contribution in [0.15, 0.2) is 42.5 Å². The molecule has 0 aliphatic heterocycles. The Morgan fingerprint density at radius 2 is 2.00 bits per heavy atom. The quantitative estimate of drug-likeness (QED) is 0.796. The van der Waals surface area contributed by atoms with E-state index in [-0.39, 0.29) is 6.61 Å². The minimum Gasteiger partial charge on any atom is -0.482 e. The summed E-state index contributed by atoms with van der Waals surface area (Å²) < 4.78 is 10.6. The molecule has 0 radical (unpaired) electrons. The van der Waals surface area contributed by atoms with Crippen LogP contribution in [-0.4, -0.2) is 24.6 Å². The molecule has 0 bridgehead atoms. The van der Waals surface area contributed by atoms with Gasteiger partial charge in [0.05, 0.1) is 11.6 Å². The fourth-order valence-corrected chi connectivity index (χ4v) is 2.98. The van der Waals surface area contributed by atoms with Gasteiger partial charge in [0.15, 0.2) is 12.7 Å². The van der Waals surface area contributed by atoms with Crippen LogP contribution in [0.3, 0.4) is 0 Å². The third kappa shape index (κ3) is 4.85. The van der Waals surface area contributed by atoms with Crippen LogP contribution >= 0.6 is 0 Å². The van der Waals surface area contributed by atoms with E-state index in [1.807, 2.05) is 24.3 Å². The molecule has 0 saturated heterocycles. The Hall–Kier alpha value is -3.33. The molecule has 1 amide bonds. The summed E-state index contributed by atoms with van der Waals surface area (Å²) in [5.41, 5.74) is 3.49. The molecule has 0 aromatic heterocycles. The number of hydrogen-bond acceptors (Lipinski definition) is 5. The Morgan fingerprint density at radius 1 is 1.19 bits per heavy atom. The van der Waals surface area contributed by atoms with Crippen LogP contribution in [0.25, 0.3) is 0 Å². The number of rotatable bonds is 6. The van der Waals surface area contributed by atoms with E-state index < -0.39 is 18.0 Å². The van der Waals surface area contributed by atoms with Gasteiger partial charge in [-0.15, -0.1) is 0 Å². The van der Waals surface area contributed by atoms with E-state index in [4.69, 9.17) is 14.7 Å². The number of aryl methyl sites for hydroxylation is 2. The number of amides is 1. The fraction of sp³-hybridized carbons (Fsp3) is 0.286.